The van der Waals surface area contributed by atoms with E-state index in [1.54, 1.807) is 24.3 Å². The number of hydrogen-bond acceptors (Lipinski definition) is 4. The van der Waals surface area contributed by atoms with Crippen molar-refractivity contribution in [2.24, 2.45) is 0 Å². The Labute approximate surface area is 115 Å². The van der Waals surface area contributed by atoms with E-state index < -0.39 is 11.6 Å². The zero-order valence-corrected chi connectivity index (χ0v) is 11.2. The molecule has 2 N–H and O–H groups in total. The van der Waals surface area contributed by atoms with E-state index in [2.05, 4.69) is 5.32 Å². The van der Waals surface area contributed by atoms with Gasteiger partial charge in [0.25, 0.3) is 5.91 Å². The predicted octanol–water partition coefficient (Wildman–Crippen LogP) is 0.994. The number of carbonyl (C=O) groups is 2. The molecule has 2 aliphatic rings. The summed E-state index contributed by atoms with van der Waals surface area (Å²) in [6.45, 7) is 0. The van der Waals surface area contributed by atoms with E-state index in [0.29, 0.717) is 24.2 Å². The van der Waals surface area contributed by atoms with Crippen LogP contribution in [0.25, 0.3) is 0 Å². The van der Waals surface area contributed by atoms with Crippen molar-refractivity contribution in [1.82, 2.24) is 5.32 Å². The van der Waals surface area contributed by atoms with Crippen molar-refractivity contribution in [3.05, 3.63) is 35.9 Å². The fourth-order valence-electron chi connectivity index (χ4n) is 2.72. The molecule has 0 spiro atoms. The zero-order chi connectivity index (χ0) is 13.5. The lowest BCUT2D eigenvalue weighted by molar-refractivity contribution is -0.127. The lowest BCUT2D eigenvalue weighted by Crippen LogP contribution is -2.59. The first-order chi connectivity index (χ1) is 9.12. The second-order valence-corrected chi connectivity index (χ2v) is 6.23. The second kappa shape index (κ2) is 4.65. The quantitative estimate of drug-likeness (QED) is 0.846. The van der Waals surface area contributed by atoms with Crippen molar-refractivity contribution in [2.75, 3.05) is 5.75 Å². The lowest BCUT2D eigenvalue weighted by Gasteiger charge is -2.33. The number of aliphatic hydroxyl groups is 1. The van der Waals surface area contributed by atoms with Crippen molar-refractivity contribution in [3.63, 3.8) is 0 Å². The Morgan fingerprint density at radius 3 is 2.84 bits per heavy atom. The molecule has 4 nitrogen and oxygen atoms in total. The van der Waals surface area contributed by atoms with Gasteiger partial charge in [-0.05, 0) is 25.0 Å². The molecule has 1 amide bonds. The average Bonchev–Trinajstić information content (AvgIpc) is 2.64. The fraction of sp³-hybridized carbons (Fsp3) is 0.429. The Bertz CT molecular complexity index is 519. The van der Waals surface area contributed by atoms with E-state index in [1.165, 1.54) is 11.8 Å². The highest BCUT2D eigenvalue weighted by atomic mass is 32.2. The Hall–Kier alpha value is -1.33. The summed E-state index contributed by atoms with van der Waals surface area (Å²) >= 11 is 1.45. The highest BCUT2D eigenvalue weighted by Crippen LogP contribution is 2.42. The molecular formula is C14H15NO3S. The maximum atomic E-state index is 12.3. The van der Waals surface area contributed by atoms with Crippen LogP contribution < -0.4 is 5.32 Å². The van der Waals surface area contributed by atoms with Crippen LogP contribution in [-0.4, -0.2) is 39.4 Å². The van der Waals surface area contributed by atoms with Crippen molar-refractivity contribution >= 4 is 23.5 Å². The van der Waals surface area contributed by atoms with Gasteiger partial charge in [-0.25, -0.2) is 0 Å². The summed E-state index contributed by atoms with van der Waals surface area (Å²) in [6, 6.07) is 8.90. The third-order valence-electron chi connectivity index (χ3n) is 3.84. The summed E-state index contributed by atoms with van der Waals surface area (Å²) in [7, 11) is 0. The topological polar surface area (TPSA) is 66.4 Å². The molecule has 1 aromatic rings. The van der Waals surface area contributed by atoms with Crippen molar-refractivity contribution in [3.8, 4) is 0 Å². The van der Waals surface area contributed by atoms with Crippen LogP contribution in [0.2, 0.25) is 0 Å². The standard InChI is InChI=1S/C14H15NO3S/c16-10-6-7-14(8-19-11(10)12(14)17)15-13(18)9-4-2-1-3-5-9/h1-5,10-11,16H,6-8H2,(H,15,18)/t10-,11-,14+/m1/s1. The Morgan fingerprint density at radius 2 is 2.11 bits per heavy atom. The van der Waals surface area contributed by atoms with E-state index in [9.17, 15) is 14.7 Å². The molecule has 0 radical (unpaired) electrons. The summed E-state index contributed by atoms with van der Waals surface area (Å²) in [5.41, 5.74) is -0.217. The molecule has 0 unspecified atom stereocenters. The molecule has 1 saturated carbocycles. The summed E-state index contributed by atoms with van der Waals surface area (Å²) in [5.74, 6) is 0.318. The number of hydrogen-bond donors (Lipinski definition) is 2. The number of fused-ring (bicyclic) bond motifs is 2. The molecule has 2 bridgehead atoms. The highest BCUT2D eigenvalue weighted by Gasteiger charge is 2.55. The molecule has 100 valence electrons. The second-order valence-electron chi connectivity index (χ2n) is 5.10. The monoisotopic (exact) mass is 277 g/mol. The van der Waals surface area contributed by atoms with Crippen LogP contribution in [0.4, 0.5) is 0 Å². The van der Waals surface area contributed by atoms with Gasteiger partial charge in [0.1, 0.15) is 5.54 Å². The smallest absolute Gasteiger partial charge is 0.252 e. The third kappa shape index (κ3) is 2.07. The van der Waals surface area contributed by atoms with Gasteiger partial charge in [-0.2, -0.15) is 0 Å². The maximum absolute atomic E-state index is 12.3. The van der Waals surface area contributed by atoms with Gasteiger partial charge in [0.05, 0.1) is 11.4 Å². The van der Waals surface area contributed by atoms with Crippen LogP contribution in [0, 0.1) is 0 Å². The Balaban J connectivity index is 1.80. The molecule has 19 heavy (non-hydrogen) atoms. The van der Waals surface area contributed by atoms with E-state index >= 15 is 0 Å². The number of ketones is 1. The van der Waals surface area contributed by atoms with Gasteiger partial charge >= 0.3 is 0 Å². The number of amides is 1. The van der Waals surface area contributed by atoms with Crippen LogP contribution in [-0.2, 0) is 4.79 Å². The van der Waals surface area contributed by atoms with Crippen LogP contribution >= 0.6 is 11.8 Å². The van der Waals surface area contributed by atoms with Gasteiger partial charge in [-0.3, -0.25) is 9.59 Å². The van der Waals surface area contributed by atoms with Gasteiger partial charge in [-0.15, -0.1) is 11.8 Å². The van der Waals surface area contributed by atoms with Crippen LogP contribution in [0.1, 0.15) is 23.2 Å². The van der Waals surface area contributed by atoms with Gasteiger partial charge in [0.2, 0.25) is 0 Å². The van der Waals surface area contributed by atoms with E-state index in [0.717, 1.165) is 0 Å². The number of Topliss-reactive ketones (excluding diaryl/α,β-unsaturated/α-hetero) is 1. The summed E-state index contributed by atoms with van der Waals surface area (Å²) in [6.07, 6.45) is 0.523. The minimum absolute atomic E-state index is 0.0273. The number of nitrogens with one attached hydrogen (secondary N) is 1. The Kier molecular flexibility index (Phi) is 3.11. The molecule has 1 aromatic carbocycles. The third-order valence-corrected chi connectivity index (χ3v) is 5.39. The molecule has 1 aliphatic heterocycles. The first-order valence-electron chi connectivity index (χ1n) is 6.34. The average molecular weight is 277 g/mol. The number of carbonyl (C=O) groups excluding carboxylic acids is 2. The lowest BCUT2D eigenvalue weighted by atomic mass is 9.80. The molecule has 2 fully saturated rings. The Morgan fingerprint density at radius 1 is 1.37 bits per heavy atom. The van der Waals surface area contributed by atoms with E-state index in [-0.39, 0.29) is 16.9 Å². The number of aliphatic hydroxyl groups excluding tert-OH is 1. The number of benzene rings is 1. The van der Waals surface area contributed by atoms with Crippen molar-refractivity contribution < 1.29 is 14.7 Å². The van der Waals surface area contributed by atoms with E-state index in [4.69, 9.17) is 0 Å². The largest absolute Gasteiger partial charge is 0.392 e. The van der Waals surface area contributed by atoms with Crippen molar-refractivity contribution in [2.45, 2.75) is 29.7 Å². The molecule has 0 aromatic heterocycles. The highest BCUT2D eigenvalue weighted by molar-refractivity contribution is 8.01. The van der Waals surface area contributed by atoms with Gasteiger partial charge < -0.3 is 10.4 Å². The van der Waals surface area contributed by atoms with Crippen LogP contribution in [0.15, 0.2) is 30.3 Å². The van der Waals surface area contributed by atoms with Crippen molar-refractivity contribution in [1.29, 1.82) is 0 Å². The van der Waals surface area contributed by atoms with E-state index in [1.807, 2.05) is 6.07 Å². The fourth-order valence-corrected chi connectivity index (χ4v) is 4.28. The molecule has 1 aliphatic carbocycles. The normalized spacial score (nSPS) is 33.2. The van der Waals surface area contributed by atoms with Crippen LogP contribution in [0.3, 0.4) is 0 Å². The molecule has 1 saturated heterocycles. The predicted molar refractivity (Wildman–Crippen MR) is 73.1 cm³/mol. The molecule has 5 heteroatoms. The number of rotatable bonds is 2. The SMILES string of the molecule is O=C(N[C@@]12CC[C@@H](O)[C@@H](SC1)C2=O)c1ccccc1. The first kappa shape index (κ1) is 12.7. The van der Waals surface area contributed by atoms with Gasteiger partial charge in [0.15, 0.2) is 5.78 Å². The van der Waals surface area contributed by atoms with Gasteiger partial charge in [-0.1, -0.05) is 18.2 Å². The molecular weight excluding hydrogens is 262 g/mol. The maximum Gasteiger partial charge on any atom is 0.252 e. The summed E-state index contributed by atoms with van der Waals surface area (Å²) in [4.78, 5) is 24.5. The summed E-state index contributed by atoms with van der Waals surface area (Å²) < 4.78 is 0. The minimum Gasteiger partial charge on any atom is -0.392 e. The molecule has 3 rings (SSSR count). The minimum atomic E-state index is -0.776. The first-order valence-corrected chi connectivity index (χ1v) is 7.39. The van der Waals surface area contributed by atoms with Crippen LogP contribution in [0.5, 0.6) is 0 Å². The number of thioether (sulfide) groups is 1. The van der Waals surface area contributed by atoms with Gasteiger partial charge in [0, 0.05) is 11.3 Å². The molecule has 3 atom stereocenters. The zero-order valence-electron chi connectivity index (χ0n) is 10.3. The summed E-state index contributed by atoms with van der Waals surface area (Å²) in [5, 5.41) is 12.3. The molecule has 1 heterocycles.